The van der Waals surface area contributed by atoms with E-state index in [1.807, 2.05) is 25.1 Å². The molecule has 0 unspecified atom stereocenters. The number of hydrogen-bond acceptors (Lipinski definition) is 4. The average Bonchev–Trinajstić information content (AvgIpc) is 2.59. The third-order valence-electron chi connectivity index (χ3n) is 4.27. The van der Waals surface area contributed by atoms with Crippen LogP contribution in [0.3, 0.4) is 0 Å². The Bertz CT molecular complexity index is 577. The molecular weight excluding hydrogens is 280 g/mol. The van der Waals surface area contributed by atoms with Crippen LogP contribution in [0.2, 0.25) is 0 Å². The molecule has 1 aliphatic heterocycles. The van der Waals surface area contributed by atoms with Crippen LogP contribution < -0.4 is 14.9 Å². The quantitative estimate of drug-likeness (QED) is 0.690. The maximum Gasteiger partial charge on any atom is 0.243 e. The van der Waals surface area contributed by atoms with Crippen LogP contribution in [0, 0.1) is 5.92 Å². The van der Waals surface area contributed by atoms with E-state index in [1.54, 1.807) is 0 Å². The number of hydrogen-bond donors (Lipinski definition) is 1. The number of hydrazone groups is 1. The van der Waals surface area contributed by atoms with Gasteiger partial charge in [0.2, 0.25) is 5.91 Å². The maximum atomic E-state index is 12.1. The lowest BCUT2D eigenvalue weighted by Crippen LogP contribution is -2.29. The summed E-state index contributed by atoms with van der Waals surface area (Å²) in [5, 5.41) is 4.24. The molecule has 0 aromatic heterocycles. The second-order valence-corrected chi connectivity index (χ2v) is 5.87. The van der Waals surface area contributed by atoms with Crippen LogP contribution in [0.1, 0.15) is 44.6 Å². The fourth-order valence-electron chi connectivity index (χ4n) is 2.93. The zero-order valence-corrected chi connectivity index (χ0v) is 12.9. The Labute approximate surface area is 130 Å². The van der Waals surface area contributed by atoms with Crippen molar-refractivity contribution in [3.8, 4) is 11.5 Å². The predicted molar refractivity (Wildman–Crippen MR) is 84.4 cm³/mol. The van der Waals surface area contributed by atoms with Crippen molar-refractivity contribution in [2.24, 2.45) is 11.0 Å². The smallest absolute Gasteiger partial charge is 0.243 e. The second kappa shape index (κ2) is 6.81. The molecule has 1 aromatic rings. The summed E-state index contributed by atoms with van der Waals surface area (Å²) in [6, 6.07) is 5.71. The van der Waals surface area contributed by atoms with Crippen molar-refractivity contribution < 1.29 is 14.3 Å². The zero-order valence-electron chi connectivity index (χ0n) is 12.9. The van der Waals surface area contributed by atoms with E-state index in [9.17, 15) is 4.79 Å². The van der Waals surface area contributed by atoms with Gasteiger partial charge in [0.15, 0.2) is 11.5 Å². The van der Waals surface area contributed by atoms with Gasteiger partial charge in [0.05, 0.1) is 5.71 Å². The van der Waals surface area contributed by atoms with Gasteiger partial charge in [0.25, 0.3) is 0 Å². The summed E-state index contributed by atoms with van der Waals surface area (Å²) in [5.74, 6) is 1.65. The molecular formula is C17H22N2O3. The molecule has 3 rings (SSSR count). The summed E-state index contributed by atoms with van der Waals surface area (Å²) in [7, 11) is 0. The van der Waals surface area contributed by atoms with Gasteiger partial charge in [0, 0.05) is 11.5 Å². The number of carbonyl (C=O) groups is 1. The summed E-state index contributed by atoms with van der Waals surface area (Å²) in [6.45, 7) is 3.02. The lowest BCUT2D eigenvalue weighted by molar-refractivity contribution is -0.125. The van der Waals surface area contributed by atoms with E-state index in [0.717, 1.165) is 48.5 Å². The monoisotopic (exact) mass is 302 g/mol. The molecule has 5 nitrogen and oxygen atoms in total. The van der Waals surface area contributed by atoms with E-state index < -0.39 is 0 Å². The van der Waals surface area contributed by atoms with Gasteiger partial charge < -0.3 is 9.47 Å². The van der Waals surface area contributed by atoms with Gasteiger partial charge in [-0.2, -0.15) is 5.10 Å². The Morgan fingerprint density at radius 2 is 1.86 bits per heavy atom. The van der Waals surface area contributed by atoms with E-state index in [-0.39, 0.29) is 11.8 Å². The molecule has 1 amide bonds. The van der Waals surface area contributed by atoms with E-state index in [4.69, 9.17) is 9.47 Å². The van der Waals surface area contributed by atoms with Gasteiger partial charge in [-0.3, -0.25) is 4.79 Å². The molecule has 22 heavy (non-hydrogen) atoms. The van der Waals surface area contributed by atoms with Crippen LogP contribution in [-0.2, 0) is 4.79 Å². The van der Waals surface area contributed by atoms with Crippen LogP contribution >= 0.6 is 0 Å². The molecule has 0 bridgehead atoms. The Balaban J connectivity index is 1.65. The second-order valence-electron chi connectivity index (χ2n) is 5.87. The lowest BCUT2D eigenvalue weighted by atomic mass is 9.89. The first-order chi connectivity index (χ1) is 10.7. The summed E-state index contributed by atoms with van der Waals surface area (Å²) >= 11 is 0. The van der Waals surface area contributed by atoms with Gasteiger partial charge >= 0.3 is 0 Å². The third-order valence-corrected chi connectivity index (χ3v) is 4.27. The van der Waals surface area contributed by atoms with Gasteiger partial charge in [-0.05, 0) is 38.0 Å². The van der Waals surface area contributed by atoms with Crippen molar-refractivity contribution in [3.05, 3.63) is 23.8 Å². The highest BCUT2D eigenvalue weighted by Crippen LogP contribution is 2.31. The fourth-order valence-corrected chi connectivity index (χ4v) is 2.93. The molecule has 0 radical (unpaired) electrons. The highest BCUT2D eigenvalue weighted by Gasteiger charge is 2.20. The number of nitrogens with one attached hydrogen (secondary N) is 1. The highest BCUT2D eigenvalue weighted by atomic mass is 16.6. The predicted octanol–water partition coefficient (Wildman–Crippen LogP) is 2.88. The van der Waals surface area contributed by atoms with Crippen molar-refractivity contribution >= 4 is 11.6 Å². The van der Waals surface area contributed by atoms with Gasteiger partial charge in [-0.15, -0.1) is 0 Å². The van der Waals surface area contributed by atoms with Crippen LogP contribution in [-0.4, -0.2) is 24.8 Å². The van der Waals surface area contributed by atoms with Crippen LogP contribution in [0.4, 0.5) is 0 Å². The SMILES string of the molecule is CC(=NNC(=O)C1CCCCC1)c1ccc2c(c1)OCCO2. The molecule has 1 saturated carbocycles. The standard InChI is InChI=1S/C17H22N2O3/c1-12(18-19-17(20)13-5-3-2-4-6-13)14-7-8-15-16(11-14)22-10-9-21-15/h7-8,11,13H,2-6,9-10H2,1H3,(H,19,20). The third kappa shape index (κ3) is 3.40. The van der Waals surface area contributed by atoms with Crippen molar-refractivity contribution in [3.63, 3.8) is 0 Å². The normalized spacial score (nSPS) is 18.9. The maximum absolute atomic E-state index is 12.1. The molecule has 1 aliphatic carbocycles. The molecule has 0 spiro atoms. The molecule has 1 fully saturated rings. The van der Waals surface area contributed by atoms with Crippen LogP contribution in [0.25, 0.3) is 0 Å². The topological polar surface area (TPSA) is 59.9 Å². The van der Waals surface area contributed by atoms with Crippen molar-refractivity contribution in [1.29, 1.82) is 0 Å². The number of rotatable bonds is 3. The molecule has 2 aliphatic rings. The summed E-state index contributed by atoms with van der Waals surface area (Å²) in [5.41, 5.74) is 4.40. The molecule has 1 N–H and O–H groups in total. The molecule has 1 aromatic carbocycles. The van der Waals surface area contributed by atoms with Gasteiger partial charge in [-0.25, -0.2) is 5.43 Å². The molecule has 0 atom stereocenters. The molecule has 118 valence electrons. The van der Waals surface area contributed by atoms with Gasteiger partial charge in [-0.1, -0.05) is 19.3 Å². The molecule has 5 heteroatoms. The summed E-state index contributed by atoms with van der Waals surface area (Å²) in [4.78, 5) is 12.1. The number of carbonyl (C=O) groups excluding carboxylic acids is 1. The van der Waals surface area contributed by atoms with E-state index in [1.165, 1.54) is 6.42 Å². The van der Waals surface area contributed by atoms with Crippen molar-refractivity contribution in [2.75, 3.05) is 13.2 Å². The van der Waals surface area contributed by atoms with E-state index >= 15 is 0 Å². The Morgan fingerprint density at radius 1 is 1.14 bits per heavy atom. The lowest BCUT2D eigenvalue weighted by Gasteiger charge is -2.20. The largest absolute Gasteiger partial charge is 0.486 e. The summed E-state index contributed by atoms with van der Waals surface area (Å²) < 4.78 is 11.1. The minimum atomic E-state index is 0.0385. The Kier molecular flexibility index (Phi) is 4.61. The van der Waals surface area contributed by atoms with Crippen LogP contribution in [0.5, 0.6) is 11.5 Å². The van der Waals surface area contributed by atoms with Crippen LogP contribution in [0.15, 0.2) is 23.3 Å². The van der Waals surface area contributed by atoms with Crippen molar-refractivity contribution in [2.45, 2.75) is 39.0 Å². The number of amides is 1. The van der Waals surface area contributed by atoms with E-state index in [2.05, 4.69) is 10.5 Å². The zero-order chi connectivity index (χ0) is 15.4. The minimum Gasteiger partial charge on any atom is -0.486 e. The van der Waals surface area contributed by atoms with Crippen molar-refractivity contribution in [1.82, 2.24) is 5.43 Å². The number of ether oxygens (including phenoxy) is 2. The Morgan fingerprint density at radius 3 is 2.64 bits per heavy atom. The number of benzene rings is 1. The van der Waals surface area contributed by atoms with E-state index in [0.29, 0.717) is 13.2 Å². The molecule has 0 saturated heterocycles. The average molecular weight is 302 g/mol. The minimum absolute atomic E-state index is 0.0385. The fraction of sp³-hybridized carbons (Fsp3) is 0.529. The Hall–Kier alpha value is -2.04. The number of fused-ring (bicyclic) bond motifs is 1. The molecule has 1 heterocycles. The summed E-state index contributed by atoms with van der Waals surface area (Å²) in [6.07, 6.45) is 5.48. The first kappa shape index (κ1) is 14.9. The van der Waals surface area contributed by atoms with Gasteiger partial charge in [0.1, 0.15) is 13.2 Å². The first-order valence-electron chi connectivity index (χ1n) is 7.98. The number of nitrogens with zero attached hydrogens (tertiary/aromatic N) is 1. The highest BCUT2D eigenvalue weighted by molar-refractivity contribution is 5.99. The first-order valence-corrected chi connectivity index (χ1v) is 7.98.